The Kier molecular flexibility index (Phi) is 10.6. The monoisotopic (exact) mass is 895 g/mol. The van der Waals surface area contributed by atoms with E-state index in [1.54, 1.807) is 30.5 Å². The topological polar surface area (TPSA) is 172 Å². The SMILES string of the molecule is CC1(C)CCC(CN2CCN(c3ccc(C(=O)NS(=O)(=O)c4ccc(NCC5(F)CCOCC5)c([N+](=O)[O-])c4)c(Oc4cnc5[nH]ccc5c4)c3)CC2)=C(C23CC2(C(F)(F)F)C3)C1. The van der Waals surface area contributed by atoms with Crippen molar-refractivity contribution in [2.75, 3.05) is 62.7 Å². The molecule has 336 valence electrons. The number of amides is 1. The fourth-order valence-electron chi connectivity index (χ4n) is 9.78. The molecule has 4 aromatic rings. The second-order valence-electron chi connectivity index (χ2n) is 18.6. The maximum Gasteiger partial charge on any atom is 0.395 e. The standard InChI is InChI=1S/C44H49F4N7O7S/c1-40(2)9-7-29(34(22-40)42-25-43(42,26-42)44(46,47)48)24-53-13-15-54(16-14-53)30-3-5-33(37(20-30)62-31-19-28-8-12-49-38(28)50-23-31)39(56)52-63(59,60)32-4-6-35(36(21-32)55(57)58)51-27-41(45)10-17-61-18-11-41/h3-6,8,12,19-21,23,51H,7,9-11,13-18,22,24-27H2,1-2H3,(H,49,50)(H,52,56). The number of pyridine rings is 1. The molecule has 3 aliphatic carbocycles. The quantitative estimate of drug-likeness (QED) is 0.0511. The van der Waals surface area contributed by atoms with Crippen molar-refractivity contribution in [2.24, 2.45) is 16.2 Å². The number of piperazine rings is 1. The third kappa shape index (κ3) is 8.23. The number of hydrogen-bond acceptors (Lipinski definition) is 11. The number of aromatic amines is 1. The molecule has 19 heteroatoms. The third-order valence-electron chi connectivity index (χ3n) is 13.8. The zero-order valence-electron chi connectivity index (χ0n) is 34.9. The van der Waals surface area contributed by atoms with Gasteiger partial charge in [-0.05, 0) is 73.9 Å². The van der Waals surface area contributed by atoms with Crippen molar-refractivity contribution < 1.29 is 45.2 Å². The molecule has 2 aromatic carbocycles. The summed E-state index contributed by atoms with van der Waals surface area (Å²) in [6.07, 6.45) is 2.02. The molecule has 0 bridgehead atoms. The summed E-state index contributed by atoms with van der Waals surface area (Å²) in [6, 6.07) is 11.3. The number of hydrogen-bond donors (Lipinski definition) is 3. The molecule has 2 saturated heterocycles. The highest BCUT2D eigenvalue weighted by molar-refractivity contribution is 7.90. The van der Waals surface area contributed by atoms with Gasteiger partial charge in [0.2, 0.25) is 0 Å². The van der Waals surface area contributed by atoms with E-state index in [0.717, 1.165) is 47.6 Å². The van der Waals surface area contributed by atoms with Gasteiger partial charge < -0.3 is 24.7 Å². The minimum atomic E-state index is -4.68. The minimum absolute atomic E-state index is 0.0268. The number of alkyl halides is 4. The van der Waals surface area contributed by atoms with Crippen LogP contribution in [0.25, 0.3) is 11.0 Å². The van der Waals surface area contributed by atoms with E-state index in [4.69, 9.17) is 9.47 Å². The van der Waals surface area contributed by atoms with E-state index >= 15 is 4.39 Å². The Hall–Kier alpha value is -5.27. The number of nitro benzene ring substituents is 1. The normalized spacial score (nSPS) is 24.4. The summed E-state index contributed by atoms with van der Waals surface area (Å²) in [5.41, 5.74) is -1.28. The van der Waals surface area contributed by atoms with Crippen LogP contribution in [0.15, 0.2) is 77.0 Å². The van der Waals surface area contributed by atoms with E-state index in [0.29, 0.717) is 50.5 Å². The first-order valence-corrected chi connectivity index (χ1v) is 22.6. The number of anilines is 2. The number of H-pyrrole nitrogens is 1. The summed E-state index contributed by atoms with van der Waals surface area (Å²) in [5.74, 6) is -0.754. The zero-order valence-corrected chi connectivity index (χ0v) is 35.8. The lowest BCUT2D eigenvalue weighted by atomic mass is 9.71. The molecule has 3 N–H and O–H groups in total. The molecule has 0 atom stereocenters. The number of nitro groups is 1. The van der Waals surface area contributed by atoms with E-state index < -0.39 is 54.1 Å². The van der Waals surface area contributed by atoms with Gasteiger partial charge >= 0.3 is 6.18 Å². The molecule has 0 radical (unpaired) electrons. The Morgan fingerprint density at radius 1 is 1.03 bits per heavy atom. The summed E-state index contributed by atoms with van der Waals surface area (Å²) < 4.78 is 98.1. The number of aromatic nitrogens is 2. The van der Waals surface area contributed by atoms with Gasteiger partial charge in [0.1, 0.15) is 28.5 Å². The van der Waals surface area contributed by atoms with Crippen LogP contribution in [-0.4, -0.2) is 98.4 Å². The van der Waals surface area contributed by atoms with Crippen LogP contribution in [0.1, 0.15) is 69.2 Å². The van der Waals surface area contributed by atoms with Gasteiger partial charge in [0.05, 0.1) is 27.0 Å². The van der Waals surface area contributed by atoms with Crippen LogP contribution < -0.4 is 19.7 Å². The van der Waals surface area contributed by atoms with Gasteiger partial charge in [-0.3, -0.25) is 19.8 Å². The number of nitrogens with zero attached hydrogens (tertiary/aromatic N) is 4. The summed E-state index contributed by atoms with van der Waals surface area (Å²) in [4.78, 5) is 36.3. The summed E-state index contributed by atoms with van der Waals surface area (Å²) in [7, 11) is -4.68. The van der Waals surface area contributed by atoms with Crippen molar-refractivity contribution in [1.82, 2.24) is 19.6 Å². The van der Waals surface area contributed by atoms with Crippen LogP contribution in [0.3, 0.4) is 0 Å². The average Bonchev–Trinajstić information content (AvgIpc) is 4.03. The Bertz CT molecular complexity index is 2610. The number of nitrogens with one attached hydrogen (secondary N) is 3. The molecular formula is C44H49F4N7O7S. The van der Waals surface area contributed by atoms with Crippen molar-refractivity contribution >= 4 is 44.0 Å². The molecule has 9 rings (SSSR count). The molecule has 4 fully saturated rings. The van der Waals surface area contributed by atoms with Gasteiger partial charge in [-0.25, -0.2) is 22.5 Å². The van der Waals surface area contributed by atoms with Gasteiger partial charge in [0.25, 0.3) is 21.6 Å². The molecule has 2 saturated carbocycles. The molecule has 0 unspecified atom stereocenters. The third-order valence-corrected chi connectivity index (χ3v) is 15.2. The Labute approximate surface area is 361 Å². The fraction of sp³-hybridized carbons (Fsp3) is 0.500. The molecule has 2 aromatic heterocycles. The second kappa shape index (κ2) is 15.5. The van der Waals surface area contributed by atoms with Crippen LogP contribution in [-0.2, 0) is 14.8 Å². The van der Waals surface area contributed by atoms with Crippen molar-refractivity contribution in [3.63, 3.8) is 0 Å². The number of benzene rings is 2. The largest absolute Gasteiger partial charge is 0.455 e. The number of ether oxygens (including phenoxy) is 2. The van der Waals surface area contributed by atoms with Gasteiger partial charge in [-0.2, -0.15) is 13.2 Å². The lowest BCUT2D eigenvalue weighted by Gasteiger charge is -2.40. The number of allylic oxidation sites excluding steroid dienone is 1. The van der Waals surface area contributed by atoms with Crippen LogP contribution in [0.5, 0.6) is 11.5 Å². The number of carbonyl (C=O) groups is 1. The van der Waals surface area contributed by atoms with Crippen LogP contribution in [0.4, 0.5) is 34.6 Å². The summed E-state index contributed by atoms with van der Waals surface area (Å²) in [5, 5.41) is 15.5. The predicted molar refractivity (Wildman–Crippen MR) is 226 cm³/mol. The second-order valence-corrected chi connectivity index (χ2v) is 20.2. The number of fused-ring (bicyclic) bond motifs is 2. The Morgan fingerprint density at radius 2 is 1.78 bits per heavy atom. The van der Waals surface area contributed by atoms with E-state index in [2.05, 4.69) is 38.9 Å². The Balaban J connectivity index is 0.925. The predicted octanol–water partition coefficient (Wildman–Crippen LogP) is 8.28. The molecule has 2 aliphatic heterocycles. The highest BCUT2D eigenvalue weighted by Gasteiger charge is 2.94. The molecule has 0 spiro atoms. The van der Waals surface area contributed by atoms with Crippen molar-refractivity contribution in [3.8, 4) is 11.5 Å². The van der Waals surface area contributed by atoms with E-state index in [1.165, 1.54) is 12.3 Å². The molecular weight excluding hydrogens is 847 g/mol. The summed E-state index contributed by atoms with van der Waals surface area (Å²) >= 11 is 0. The number of halogens is 4. The van der Waals surface area contributed by atoms with Crippen LogP contribution in [0.2, 0.25) is 0 Å². The smallest absolute Gasteiger partial charge is 0.395 e. The van der Waals surface area contributed by atoms with Crippen LogP contribution >= 0.6 is 0 Å². The number of sulfonamides is 1. The van der Waals surface area contributed by atoms with Gasteiger partial charge in [0.15, 0.2) is 0 Å². The first-order chi connectivity index (χ1) is 29.8. The van der Waals surface area contributed by atoms with Crippen molar-refractivity contribution in [1.29, 1.82) is 0 Å². The molecule has 4 heterocycles. The minimum Gasteiger partial charge on any atom is -0.455 e. The van der Waals surface area contributed by atoms with Gasteiger partial charge in [-0.1, -0.05) is 25.0 Å². The van der Waals surface area contributed by atoms with Gasteiger partial charge in [-0.15, -0.1) is 0 Å². The maximum absolute atomic E-state index is 15.2. The van der Waals surface area contributed by atoms with Crippen molar-refractivity contribution in [3.05, 3.63) is 87.7 Å². The molecule has 1 amide bonds. The lowest BCUT2D eigenvalue weighted by Crippen LogP contribution is -2.47. The lowest BCUT2D eigenvalue weighted by molar-refractivity contribution is -0.384. The fourth-order valence-corrected chi connectivity index (χ4v) is 10.8. The molecule has 5 aliphatic rings. The average molecular weight is 896 g/mol. The highest BCUT2D eigenvalue weighted by Crippen LogP contribution is 2.94. The van der Waals surface area contributed by atoms with Gasteiger partial charge in [0, 0.05) is 100 Å². The van der Waals surface area contributed by atoms with E-state index in [1.807, 2.05) is 4.72 Å². The van der Waals surface area contributed by atoms with Crippen molar-refractivity contribution in [2.45, 2.75) is 75.5 Å². The first kappa shape index (κ1) is 43.0. The zero-order chi connectivity index (χ0) is 44.6. The summed E-state index contributed by atoms with van der Waals surface area (Å²) in [6.45, 7) is 7.54. The number of carbonyl (C=O) groups excluding carboxylic acids is 1. The number of rotatable bonds is 13. The molecule has 63 heavy (non-hydrogen) atoms. The first-order valence-electron chi connectivity index (χ1n) is 21.2. The van der Waals surface area contributed by atoms with Crippen LogP contribution in [0, 0.1) is 26.4 Å². The van der Waals surface area contributed by atoms with E-state index in [-0.39, 0.29) is 73.6 Å². The Morgan fingerprint density at radius 3 is 2.48 bits per heavy atom. The van der Waals surface area contributed by atoms with E-state index in [9.17, 15) is 36.5 Å². The highest BCUT2D eigenvalue weighted by atomic mass is 32.2. The molecule has 14 nitrogen and oxygen atoms in total. The maximum atomic E-state index is 15.2.